The molecule has 2 nitrogen and oxygen atoms in total. The Morgan fingerprint density at radius 1 is 0.966 bits per heavy atom. The van der Waals surface area contributed by atoms with E-state index < -0.39 is 0 Å². The van der Waals surface area contributed by atoms with Gasteiger partial charge in [0.25, 0.3) is 0 Å². The number of fused-ring (bicyclic) bond motifs is 4. The third-order valence-corrected chi connectivity index (χ3v) is 11.3. The Morgan fingerprint density at radius 3 is 2.52 bits per heavy atom. The van der Waals surface area contributed by atoms with Gasteiger partial charge in [0, 0.05) is 11.8 Å². The van der Waals surface area contributed by atoms with Crippen molar-refractivity contribution in [2.45, 2.75) is 123 Å². The molecule has 5 aliphatic rings. The second-order valence-electron chi connectivity index (χ2n) is 13.0. The summed E-state index contributed by atoms with van der Waals surface area (Å²) >= 11 is 0. The molecule has 0 aromatic rings. The molecule has 10 atom stereocenters. The third kappa shape index (κ3) is 2.94. The smallest absolute Gasteiger partial charge is 0.103 e. The van der Waals surface area contributed by atoms with E-state index in [4.69, 9.17) is 4.74 Å². The molecule has 0 unspecified atom stereocenters. The standard InChI is InChI=1S/C27H46O2/c1-17(2)7-6-8-18(3)21-9-10-22-20-15-24-27(29-24)16-19(28)11-14-26(27,5)23(20)12-13-25(21,22)4/h17-24,28H,6-16H2,1-5H3/t18-,19+,20-,21-,22+,23+,24-,25-,26-,27-/m1/s1. The molecule has 0 radical (unpaired) electrons. The lowest BCUT2D eigenvalue weighted by atomic mass is 9.44. The minimum Gasteiger partial charge on any atom is -0.393 e. The summed E-state index contributed by atoms with van der Waals surface area (Å²) in [5.41, 5.74) is 0.932. The molecular formula is C27H46O2. The number of aliphatic hydroxyl groups excluding tert-OH is 1. The van der Waals surface area contributed by atoms with Crippen molar-refractivity contribution in [3.63, 3.8) is 0 Å². The highest BCUT2D eigenvalue weighted by atomic mass is 16.6. The van der Waals surface area contributed by atoms with Crippen LogP contribution in [-0.4, -0.2) is 22.9 Å². The van der Waals surface area contributed by atoms with E-state index in [0.717, 1.165) is 48.3 Å². The van der Waals surface area contributed by atoms with Gasteiger partial charge in [-0.1, -0.05) is 53.9 Å². The minimum absolute atomic E-state index is 0.0434. The summed E-state index contributed by atoms with van der Waals surface area (Å²) in [5, 5.41) is 10.4. The lowest BCUT2D eigenvalue weighted by Crippen LogP contribution is -2.58. The van der Waals surface area contributed by atoms with Crippen molar-refractivity contribution in [3.05, 3.63) is 0 Å². The lowest BCUT2D eigenvalue weighted by Gasteiger charge is -2.59. The Labute approximate surface area is 179 Å². The van der Waals surface area contributed by atoms with Crippen LogP contribution >= 0.6 is 0 Å². The van der Waals surface area contributed by atoms with Crippen LogP contribution in [-0.2, 0) is 4.74 Å². The third-order valence-electron chi connectivity index (χ3n) is 11.3. The van der Waals surface area contributed by atoms with Crippen molar-refractivity contribution in [1.29, 1.82) is 0 Å². The van der Waals surface area contributed by atoms with E-state index in [1.165, 1.54) is 57.8 Å². The highest BCUT2D eigenvalue weighted by Crippen LogP contribution is 2.74. The Bertz CT molecular complexity index is 630. The molecule has 0 aromatic heterocycles. The predicted molar refractivity (Wildman–Crippen MR) is 119 cm³/mol. The van der Waals surface area contributed by atoms with Crippen LogP contribution in [0.1, 0.15) is 105 Å². The van der Waals surface area contributed by atoms with Gasteiger partial charge in [-0.15, -0.1) is 0 Å². The highest BCUT2D eigenvalue weighted by molar-refractivity contribution is 5.24. The Kier molecular flexibility index (Phi) is 4.99. The number of ether oxygens (including phenoxy) is 1. The number of hydrogen-bond acceptors (Lipinski definition) is 2. The lowest BCUT2D eigenvalue weighted by molar-refractivity contribution is -0.116. The summed E-state index contributed by atoms with van der Waals surface area (Å²) in [7, 11) is 0. The van der Waals surface area contributed by atoms with E-state index in [1.54, 1.807) is 0 Å². The second kappa shape index (κ2) is 6.96. The molecule has 4 aliphatic carbocycles. The monoisotopic (exact) mass is 402 g/mol. The Hall–Kier alpha value is -0.0800. The zero-order valence-corrected chi connectivity index (χ0v) is 19.8. The average molecular weight is 403 g/mol. The van der Waals surface area contributed by atoms with Crippen molar-refractivity contribution in [1.82, 2.24) is 0 Å². The fraction of sp³-hybridized carbons (Fsp3) is 1.00. The Morgan fingerprint density at radius 2 is 1.76 bits per heavy atom. The number of rotatable bonds is 5. The molecule has 1 heterocycles. The maximum absolute atomic E-state index is 10.4. The summed E-state index contributed by atoms with van der Waals surface area (Å²) in [6.07, 6.45) is 14.8. The summed E-state index contributed by atoms with van der Waals surface area (Å²) in [5.74, 6) is 5.31. The Balaban J connectivity index is 1.33. The molecule has 1 N–H and O–H groups in total. The van der Waals surface area contributed by atoms with Crippen LogP contribution in [0.2, 0.25) is 0 Å². The molecule has 5 fully saturated rings. The van der Waals surface area contributed by atoms with Gasteiger partial charge < -0.3 is 9.84 Å². The fourth-order valence-electron chi connectivity index (χ4n) is 9.68. The van der Waals surface area contributed by atoms with E-state index in [9.17, 15) is 5.11 Å². The quantitative estimate of drug-likeness (QED) is 0.525. The summed E-state index contributed by atoms with van der Waals surface area (Å²) in [6, 6.07) is 0. The van der Waals surface area contributed by atoms with Gasteiger partial charge in [-0.05, 0) is 85.9 Å². The largest absolute Gasteiger partial charge is 0.393 e. The van der Waals surface area contributed by atoms with Gasteiger partial charge in [0.05, 0.1) is 12.2 Å². The summed E-state index contributed by atoms with van der Waals surface area (Å²) in [6.45, 7) is 12.6. The molecule has 0 amide bonds. The predicted octanol–water partition coefficient (Wildman–Crippen LogP) is 6.60. The van der Waals surface area contributed by atoms with Gasteiger partial charge in [-0.3, -0.25) is 0 Å². The molecule has 1 aliphatic heterocycles. The molecule has 29 heavy (non-hydrogen) atoms. The van der Waals surface area contributed by atoms with E-state index in [-0.39, 0.29) is 11.7 Å². The van der Waals surface area contributed by atoms with Gasteiger partial charge in [0.1, 0.15) is 5.60 Å². The van der Waals surface area contributed by atoms with E-state index in [1.807, 2.05) is 0 Å². The van der Waals surface area contributed by atoms with Crippen molar-refractivity contribution in [2.75, 3.05) is 0 Å². The molecule has 1 saturated heterocycles. The normalized spacial score (nSPS) is 54.3. The maximum atomic E-state index is 10.4. The van der Waals surface area contributed by atoms with Crippen LogP contribution in [0.4, 0.5) is 0 Å². The van der Waals surface area contributed by atoms with Crippen LogP contribution in [0, 0.1) is 46.3 Å². The summed E-state index contributed by atoms with van der Waals surface area (Å²) < 4.78 is 6.51. The molecule has 0 aromatic carbocycles. The first-order valence-corrected chi connectivity index (χ1v) is 13.1. The molecule has 1 spiro atoms. The first-order chi connectivity index (χ1) is 13.7. The van der Waals surface area contributed by atoms with Crippen molar-refractivity contribution < 1.29 is 9.84 Å². The molecule has 5 rings (SSSR count). The molecular weight excluding hydrogens is 356 g/mol. The van der Waals surface area contributed by atoms with Crippen molar-refractivity contribution >= 4 is 0 Å². The highest BCUT2D eigenvalue weighted by Gasteiger charge is 2.76. The topological polar surface area (TPSA) is 32.8 Å². The SMILES string of the molecule is CC(C)CCC[C@@H](C)[C@H]1CC[C@H]2[C@H]3C[C@H]4O[C@]45C[C@@H](O)CC[C@]5(C)[C@H]3CC[C@]12C. The van der Waals surface area contributed by atoms with Crippen LogP contribution in [0.15, 0.2) is 0 Å². The van der Waals surface area contributed by atoms with Gasteiger partial charge in [-0.25, -0.2) is 0 Å². The zero-order chi connectivity index (χ0) is 20.6. The van der Waals surface area contributed by atoms with Crippen LogP contribution in [0.5, 0.6) is 0 Å². The molecule has 0 bridgehead atoms. The van der Waals surface area contributed by atoms with E-state index in [0.29, 0.717) is 16.9 Å². The molecule has 4 saturated carbocycles. The number of aliphatic hydroxyl groups is 1. The first kappa shape index (κ1) is 20.8. The van der Waals surface area contributed by atoms with Crippen LogP contribution < -0.4 is 0 Å². The molecule has 166 valence electrons. The van der Waals surface area contributed by atoms with E-state index >= 15 is 0 Å². The van der Waals surface area contributed by atoms with Gasteiger partial charge in [0.15, 0.2) is 0 Å². The van der Waals surface area contributed by atoms with Crippen LogP contribution in [0.25, 0.3) is 0 Å². The zero-order valence-electron chi connectivity index (χ0n) is 19.8. The van der Waals surface area contributed by atoms with Crippen molar-refractivity contribution in [2.24, 2.45) is 46.3 Å². The first-order valence-electron chi connectivity index (χ1n) is 13.1. The van der Waals surface area contributed by atoms with Gasteiger partial charge in [0.2, 0.25) is 0 Å². The maximum Gasteiger partial charge on any atom is 0.103 e. The number of epoxide rings is 1. The fourth-order valence-corrected chi connectivity index (χ4v) is 9.68. The van der Waals surface area contributed by atoms with Gasteiger partial charge in [-0.2, -0.15) is 0 Å². The summed E-state index contributed by atoms with van der Waals surface area (Å²) in [4.78, 5) is 0. The number of hydrogen-bond donors (Lipinski definition) is 1. The average Bonchev–Trinajstić information content (AvgIpc) is 3.22. The van der Waals surface area contributed by atoms with Crippen molar-refractivity contribution in [3.8, 4) is 0 Å². The van der Waals surface area contributed by atoms with Gasteiger partial charge >= 0.3 is 0 Å². The van der Waals surface area contributed by atoms with E-state index in [2.05, 4.69) is 34.6 Å². The second-order valence-corrected chi connectivity index (χ2v) is 13.0. The van der Waals surface area contributed by atoms with Crippen LogP contribution in [0.3, 0.4) is 0 Å². The molecule has 2 heteroatoms. The minimum atomic E-state index is -0.124.